The molecule has 4 rings (SSSR count). The van der Waals surface area contributed by atoms with Crippen LogP contribution in [0.3, 0.4) is 0 Å². The van der Waals surface area contributed by atoms with Crippen LogP contribution >= 0.6 is 0 Å². The Balaban J connectivity index is 1.47. The first-order chi connectivity index (χ1) is 17.0. The van der Waals surface area contributed by atoms with Crippen molar-refractivity contribution in [1.29, 1.82) is 0 Å². The Hall–Kier alpha value is -4.01. The summed E-state index contributed by atoms with van der Waals surface area (Å²) in [6.07, 6.45) is 1.33. The van der Waals surface area contributed by atoms with Crippen LogP contribution in [-0.4, -0.2) is 26.4 Å². The minimum absolute atomic E-state index is 0.0599. The van der Waals surface area contributed by atoms with Crippen molar-refractivity contribution in [3.8, 4) is 16.9 Å². The number of carbonyl (C=O) groups excluding carboxylic acids is 1. The van der Waals surface area contributed by atoms with Gasteiger partial charge in [-0.3, -0.25) is 9.78 Å². The van der Waals surface area contributed by atoms with Gasteiger partial charge in [0.2, 0.25) is 0 Å². The molecule has 0 spiro atoms. The molecule has 8 heteroatoms. The van der Waals surface area contributed by atoms with Gasteiger partial charge in [0.15, 0.2) is 0 Å². The monoisotopic (exact) mass is 488 g/mol. The number of rotatable bonds is 9. The Morgan fingerprint density at radius 2 is 1.60 bits per heavy atom. The first-order valence-electron chi connectivity index (χ1n) is 10.8. The van der Waals surface area contributed by atoms with E-state index in [0.717, 1.165) is 5.56 Å². The second-order valence-electron chi connectivity index (χ2n) is 7.68. The van der Waals surface area contributed by atoms with Crippen LogP contribution in [0.25, 0.3) is 11.1 Å². The second kappa shape index (κ2) is 10.9. The lowest BCUT2D eigenvalue weighted by atomic mass is 10.1. The first-order valence-corrected chi connectivity index (χ1v) is 12.3. The zero-order valence-electron chi connectivity index (χ0n) is 19.0. The van der Waals surface area contributed by atoms with Gasteiger partial charge in [0.05, 0.1) is 36.5 Å². The van der Waals surface area contributed by atoms with Crippen molar-refractivity contribution in [2.45, 2.75) is 18.1 Å². The van der Waals surface area contributed by atoms with Gasteiger partial charge in [-0.15, -0.1) is 0 Å². The lowest BCUT2D eigenvalue weighted by Gasteiger charge is -2.13. The summed E-state index contributed by atoms with van der Waals surface area (Å²) < 4.78 is 39.4. The standard InChI is InChI=1S/C27H24N2O5S/c1-33-24-14-15-25(21-10-6-3-7-11-21)26(16-24)35(31,32)29-27(30)22-12-13-23(28-17-22)19-34-18-20-8-4-2-5-9-20/h2-17H,18-19H2,1H3,(H,29,30). The molecule has 0 aliphatic heterocycles. The Morgan fingerprint density at radius 1 is 0.886 bits per heavy atom. The molecule has 0 saturated heterocycles. The highest BCUT2D eigenvalue weighted by molar-refractivity contribution is 7.90. The van der Waals surface area contributed by atoms with Crippen molar-refractivity contribution in [3.05, 3.63) is 114 Å². The summed E-state index contributed by atoms with van der Waals surface area (Å²) in [5, 5.41) is 0. The van der Waals surface area contributed by atoms with Crippen LogP contribution < -0.4 is 9.46 Å². The number of nitrogens with zero attached hydrogens (tertiary/aromatic N) is 1. The SMILES string of the molecule is COc1ccc(-c2ccccc2)c(S(=O)(=O)NC(=O)c2ccc(COCc3ccccc3)nc2)c1. The van der Waals surface area contributed by atoms with Gasteiger partial charge in [-0.1, -0.05) is 60.7 Å². The molecule has 178 valence electrons. The van der Waals surface area contributed by atoms with E-state index in [4.69, 9.17) is 9.47 Å². The highest BCUT2D eigenvalue weighted by atomic mass is 32.2. The number of ether oxygens (including phenoxy) is 2. The Kier molecular flexibility index (Phi) is 7.54. The number of benzene rings is 3. The van der Waals surface area contributed by atoms with Gasteiger partial charge in [-0.25, -0.2) is 13.1 Å². The van der Waals surface area contributed by atoms with Crippen molar-refractivity contribution in [2.75, 3.05) is 7.11 Å². The van der Waals surface area contributed by atoms with Crippen molar-refractivity contribution >= 4 is 15.9 Å². The smallest absolute Gasteiger partial charge is 0.266 e. The van der Waals surface area contributed by atoms with Crippen LogP contribution in [0.5, 0.6) is 5.75 Å². The maximum absolute atomic E-state index is 13.2. The number of hydrogen-bond donors (Lipinski definition) is 1. The topological polar surface area (TPSA) is 94.6 Å². The zero-order valence-corrected chi connectivity index (χ0v) is 19.9. The lowest BCUT2D eigenvalue weighted by Crippen LogP contribution is -2.31. The summed E-state index contributed by atoms with van der Waals surface area (Å²) in [7, 11) is -2.76. The summed E-state index contributed by atoms with van der Waals surface area (Å²) in [4.78, 5) is 16.9. The van der Waals surface area contributed by atoms with Crippen LogP contribution in [0.2, 0.25) is 0 Å². The van der Waals surface area contributed by atoms with E-state index in [2.05, 4.69) is 9.71 Å². The summed E-state index contributed by atoms with van der Waals surface area (Å²) in [6, 6.07) is 26.7. The van der Waals surface area contributed by atoms with Crippen LogP contribution in [0.1, 0.15) is 21.6 Å². The van der Waals surface area contributed by atoms with E-state index in [1.807, 2.05) is 48.5 Å². The minimum Gasteiger partial charge on any atom is -0.497 e. The van der Waals surface area contributed by atoms with Crippen LogP contribution in [-0.2, 0) is 28.0 Å². The number of amides is 1. The average molecular weight is 489 g/mol. The van der Waals surface area contributed by atoms with E-state index in [0.29, 0.717) is 29.2 Å². The molecule has 0 aliphatic carbocycles. The molecule has 0 unspecified atom stereocenters. The molecule has 35 heavy (non-hydrogen) atoms. The summed E-state index contributed by atoms with van der Waals surface area (Å²) in [6.45, 7) is 0.701. The van der Waals surface area contributed by atoms with Gasteiger partial charge in [0, 0.05) is 17.8 Å². The normalized spacial score (nSPS) is 11.1. The molecule has 1 aromatic heterocycles. The highest BCUT2D eigenvalue weighted by Crippen LogP contribution is 2.30. The molecule has 0 bridgehead atoms. The van der Waals surface area contributed by atoms with Crippen LogP contribution in [0.15, 0.2) is 102 Å². The van der Waals surface area contributed by atoms with E-state index in [-0.39, 0.29) is 17.1 Å². The minimum atomic E-state index is -4.21. The number of aromatic nitrogens is 1. The van der Waals surface area contributed by atoms with Gasteiger partial charge in [-0.05, 0) is 35.4 Å². The summed E-state index contributed by atoms with van der Waals surface area (Å²) in [5.41, 5.74) is 2.94. The Labute approximate surface area is 204 Å². The number of methoxy groups -OCH3 is 1. The van der Waals surface area contributed by atoms with Crippen LogP contribution in [0.4, 0.5) is 0 Å². The van der Waals surface area contributed by atoms with Crippen molar-refractivity contribution in [3.63, 3.8) is 0 Å². The zero-order chi connectivity index (χ0) is 24.7. The van der Waals surface area contributed by atoms with E-state index in [9.17, 15) is 13.2 Å². The second-order valence-corrected chi connectivity index (χ2v) is 9.33. The molecule has 0 atom stereocenters. The largest absolute Gasteiger partial charge is 0.497 e. The van der Waals surface area contributed by atoms with Crippen molar-refractivity contribution < 1.29 is 22.7 Å². The third kappa shape index (κ3) is 6.11. The van der Waals surface area contributed by atoms with Gasteiger partial charge < -0.3 is 9.47 Å². The fraction of sp³-hybridized carbons (Fsp3) is 0.111. The predicted molar refractivity (Wildman–Crippen MR) is 132 cm³/mol. The van der Waals surface area contributed by atoms with Gasteiger partial charge in [0.25, 0.3) is 15.9 Å². The number of carbonyl (C=O) groups is 1. The quantitative estimate of drug-likeness (QED) is 0.370. The Bertz CT molecular complexity index is 1390. The molecular weight excluding hydrogens is 464 g/mol. The molecule has 0 saturated carbocycles. The van der Waals surface area contributed by atoms with E-state index >= 15 is 0 Å². The number of sulfonamides is 1. The molecule has 0 aliphatic rings. The molecule has 0 radical (unpaired) electrons. The molecular formula is C27H24N2O5S. The molecule has 4 aromatic rings. The average Bonchev–Trinajstić information content (AvgIpc) is 2.89. The van der Waals surface area contributed by atoms with E-state index in [1.54, 1.807) is 30.3 Å². The fourth-order valence-electron chi connectivity index (χ4n) is 3.44. The van der Waals surface area contributed by atoms with Gasteiger partial charge in [0.1, 0.15) is 5.75 Å². The summed E-state index contributed by atoms with van der Waals surface area (Å²) in [5.74, 6) is -0.421. The lowest BCUT2D eigenvalue weighted by molar-refractivity contribution is 0.0978. The molecule has 0 fully saturated rings. The van der Waals surface area contributed by atoms with E-state index < -0.39 is 15.9 Å². The third-order valence-corrected chi connectivity index (χ3v) is 6.61. The predicted octanol–water partition coefficient (Wildman–Crippen LogP) is 4.59. The number of pyridine rings is 1. The van der Waals surface area contributed by atoms with Crippen molar-refractivity contribution in [1.82, 2.24) is 9.71 Å². The summed E-state index contributed by atoms with van der Waals surface area (Å²) >= 11 is 0. The molecule has 1 N–H and O–H groups in total. The molecule has 7 nitrogen and oxygen atoms in total. The van der Waals surface area contributed by atoms with E-state index in [1.165, 1.54) is 25.4 Å². The molecule has 1 amide bonds. The highest BCUT2D eigenvalue weighted by Gasteiger charge is 2.24. The Morgan fingerprint density at radius 3 is 2.26 bits per heavy atom. The molecule has 1 heterocycles. The maximum Gasteiger partial charge on any atom is 0.266 e. The third-order valence-electron chi connectivity index (χ3n) is 5.24. The van der Waals surface area contributed by atoms with Crippen molar-refractivity contribution in [2.24, 2.45) is 0 Å². The maximum atomic E-state index is 13.2. The van der Waals surface area contributed by atoms with Gasteiger partial charge >= 0.3 is 0 Å². The fourth-order valence-corrected chi connectivity index (χ4v) is 4.65. The van der Waals surface area contributed by atoms with Gasteiger partial charge in [-0.2, -0.15) is 0 Å². The number of nitrogens with one attached hydrogen (secondary N) is 1. The number of hydrogen-bond acceptors (Lipinski definition) is 6. The van der Waals surface area contributed by atoms with Crippen LogP contribution in [0, 0.1) is 0 Å². The molecule has 3 aromatic carbocycles. The first kappa shape index (κ1) is 24.1.